The predicted molar refractivity (Wildman–Crippen MR) is 72.3 cm³/mol. The van der Waals surface area contributed by atoms with Crippen LogP contribution in [0.3, 0.4) is 0 Å². The first-order chi connectivity index (χ1) is 9.11. The number of carbonyl (C=O) groups is 1. The normalized spacial score (nSPS) is 15.9. The van der Waals surface area contributed by atoms with Gasteiger partial charge in [-0.15, -0.1) is 0 Å². The minimum Gasteiger partial charge on any atom is -0.397 e. The number of rotatable bonds is 3. The number of carbonyl (C=O) groups excluding carboxylic acids is 1. The second kappa shape index (κ2) is 5.57. The van der Waals surface area contributed by atoms with Crippen molar-refractivity contribution < 1.29 is 4.79 Å². The van der Waals surface area contributed by atoms with Gasteiger partial charge in [0.2, 0.25) is 5.91 Å². The molecule has 0 bridgehead atoms. The molecule has 1 amide bonds. The fraction of sp³-hybridized carbons (Fsp3) is 0.462. The van der Waals surface area contributed by atoms with E-state index in [2.05, 4.69) is 10.3 Å². The van der Waals surface area contributed by atoms with Crippen LogP contribution in [0.15, 0.2) is 12.3 Å². The molecule has 0 aromatic carbocycles. The zero-order chi connectivity index (χ0) is 13.8. The van der Waals surface area contributed by atoms with Crippen molar-refractivity contribution in [2.75, 3.05) is 24.1 Å². The van der Waals surface area contributed by atoms with E-state index < -0.39 is 6.04 Å². The van der Waals surface area contributed by atoms with Crippen LogP contribution in [0.2, 0.25) is 0 Å². The predicted octanol–water partition coefficient (Wildman–Crippen LogP) is 0.958. The molecule has 1 unspecified atom stereocenters. The Kier molecular flexibility index (Phi) is 3.85. The van der Waals surface area contributed by atoms with E-state index in [1.807, 2.05) is 11.0 Å². The molecule has 2 heterocycles. The smallest absolute Gasteiger partial charge is 0.244 e. The largest absolute Gasteiger partial charge is 0.397 e. The Bertz CT molecular complexity index is 516. The van der Waals surface area contributed by atoms with E-state index in [0.29, 0.717) is 17.1 Å². The van der Waals surface area contributed by atoms with Crippen molar-refractivity contribution in [2.24, 2.45) is 0 Å². The van der Waals surface area contributed by atoms with Crippen molar-refractivity contribution in [1.29, 1.82) is 5.26 Å². The topological polar surface area (TPSA) is 95.0 Å². The molecular formula is C13H17N5O. The molecule has 1 aromatic rings. The quantitative estimate of drug-likeness (QED) is 0.843. The van der Waals surface area contributed by atoms with Crippen molar-refractivity contribution in [1.82, 2.24) is 9.88 Å². The van der Waals surface area contributed by atoms with E-state index in [4.69, 9.17) is 11.0 Å². The molecule has 6 nitrogen and oxygen atoms in total. The maximum Gasteiger partial charge on any atom is 0.244 e. The third kappa shape index (κ3) is 2.94. The number of anilines is 2. The molecule has 1 saturated heterocycles. The van der Waals surface area contributed by atoms with Gasteiger partial charge in [-0.1, -0.05) is 0 Å². The van der Waals surface area contributed by atoms with Gasteiger partial charge in [-0.2, -0.15) is 5.26 Å². The molecule has 1 aliphatic heterocycles. The summed E-state index contributed by atoms with van der Waals surface area (Å²) in [5.74, 6) is 0.441. The van der Waals surface area contributed by atoms with Crippen molar-refractivity contribution in [3.05, 3.63) is 17.8 Å². The summed E-state index contributed by atoms with van der Waals surface area (Å²) in [6.07, 6.45) is 3.58. The van der Waals surface area contributed by atoms with Gasteiger partial charge in [0.25, 0.3) is 0 Å². The summed E-state index contributed by atoms with van der Waals surface area (Å²) in [4.78, 5) is 18.0. The second-order valence-corrected chi connectivity index (χ2v) is 4.68. The number of nitrogens with one attached hydrogen (secondary N) is 1. The van der Waals surface area contributed by atoms with Crippen molar-refractivity contribution in [2.45, 2.75) is 25.8 Å². The molecule has 1 aliphatic rings. The van der Waals surface area contributed by atoms with Gasteiger partial charge in [0, 0.05) is 13.1 Å². The molecule has 0 radical (unpaired) electrons. The molecule has 0 aliphatic carbocycles. The van der Waals surface area contributed by atoms with E-state index in [1.54, 1.807) is 13.0 Å². The van der Waals surface area contributed by atoms with Crippen LogP contribution in [0.1, 0.15) is 25.3 Å². The molecule has 0 saturated carbocycles. The SMILES string of the molecule is CC(Nc1ncc(N)cc1C#N)C(=O)N1CCCC1. The molecule has 19 heavy (non-hydrogen) atoms. The highest BCUT2D eigenvalue weighted by atomic mass is 16.2. The number of hydrogen-bond acceptors (Lipinski definition) is 5. The number of nitrogen functional groups attached to an aromatic ring is 1. The third-order valence-corrected chi connectivity index (χ3v) is 3.17. The summed E-state index contributed by atoms with van der Waals surface area (Å²) >= 11 is 0. The Hall–Kier alpha value is -2.29. The van der Waals surface area contributed by atoms with E-state index >= 15 is 0 Å². The minimum atomic E-state index is -0.402. The number of aromatic nitrogens is 1. The Morgan fingerprint density at radius 2 is 2.26 bits per heavy atom. The van der Waals surface area contributed by atoms with E-state index in [0.717, 1.165) is 25.9 Å². The van der Waals surface area contributed by atoms with Gasteiger partial charge in [0.1, 0.15) is 17.9 Å². The average Bonchev–Trinajstić information content (AvgIpc) is 2.93. The molecular weight excluding hydrogens is 242 g/mol. The van der Waals surface area contributed by atoms with Gasteiger partial charge in [0.05, 0.1) is 17.4 Å². The third-order valence-electron chi connectivity index (χ3n) is 3.17. The summed E-state index contributed by atoms with van der Waals surface area (Å²) < 4.78 is 0. The summed E-state index contributed by atoms with van der Waals surface area (Å²) in [6.45, 7) is 3.40. The Morgan fingerprint density at radius 3 is 2.89 bits per heavy atom. The maximum absolute atomic E-state index is 12.1. The van der Waals surface area contributed by atoms with Crippen LogP contribution in [0.4, 0.5) is 11.5 Å². The van der Waals surface area contributed by atoms with Gasteiger partial charge in [-0.25, -0.2) is 4.98 Å². The first kappa shape index (κ1) is 13.1. The van der Waals surface area contributed by atoms with Crippen LogP contribution >= 0.6 is 0 Å². The molecule has 6 heteroatoms. The van der Waals surface area contributed by atoms with Crippen LogP contribution < -0.4 is 11.1 Å². The van der Waals surface area contributed by atoms with Crippen LogP contribution in [0.25, 0.3) is 0 Å². The highest BCUT2D eigenvalue weighted by Crippen LogP contribution is 2.16. The standard InChI is InChI=1S/C13H17N5O/c1-9(13(19)18-4-2-3-5-18)17-12-10(7-14)6-11(15)8-16-12/h6,8-9H,2-5,15H2,1H3,(H,16,17). The summed E-state index contributed by atoms with van der Waals surface area (Å²) in [5.41, 5.74) is 6.36. The lowest BCUT2D eigenvalue weighted by Crippen LogP contribution is -2.39. The Balaban J connectivity index is 2.08. The van der Waals surface area contributed by atoms with Gasteiger partial charge in [-0.05, 0) is 25.8 Å². The first-order valence-corrected chi connectivity index (χ1v) is 6.33. The fourth-order valence-corrected chi connectivity index (χ4v) is 2.16. The molecule has 1 aromatic heterocycles. The molecule has 3 N–H and O–H groups in total. The van der Waals surface area contributed by atoms with Crippen molar-refractivity contribution in [3.8, 4) is 6.07 Å². The van der Waals surface area contributed by atoms with Crippen LogP contribution in [-0.4, -0.2) is 34.9 Å². The Labute approximate surface area is 112 Å². The highest BCUT2D eigenvalue weighted by Gasteiger charge is 2.23. The summed E-state index contributed by atoms with van der Waals surface area (Å²) in [6, 6.07) is 3.16. The average molecular weight is 259 g/mol. The molecule has 1 atom stereocenters. The lowest BCUT2D eigenvalue weighted by Gasteiger charge is -2.21. The monoisotopic (exact) mass is 259 g/mol. The number of amides is 1. The van der Waals surface area contributed by atoms with E-state index in [9.17, 15) is 4.79 Å². The van der Waals surface area contributed by atoms with Crippen LogP contribution in [-0.2, 0) is 4.79 Å². The number of nitriles is 1. The first-order valence-electron chi connectivity index (χ1n) is 6.33. The van der Waals surface area contributed by atoms with Gasteiger partial charge in [0.15, 0.2) is 0 Å². The number of pyridine rings is 1. The zero-order valence-corrected chi connectivity index (χ0v) is 10.9. The van der Waals surface area contributed by atoms with E-state index in [1.165, 1.54) is 6.20 Å². The molecule has 1 fully saturated rings. The Morgan fingerprint density at radius 1 is 1.58 bits per heavy atom. The van der Waals surface area contributed by atoms with Crippen molar-refractivity contribution in [3.63, 3.8) is 0 Å². The van der Waals surface area contributed by atoms with Crippen LogP contribution in [0.5, 0.6) is 0 Å². The second-order valence-electron chi connectivity index (χ2n) is 4.68. The lowest BCUT2D eigenvalue weighted by atomic mass is 10.2. The summed E-state index contributed by atoms with van der Waals surface area (Å²) in [5, 5.41) is 12.0. The molecule has 2 rings (SSSR count). The minimum absolute atomic E-state index is 0.0417. The number of likely N-dealkylation sites (tertiary alicyclic amines) is 1. The molecule has 100 valence electrons. The fourth-order valence-electron chi connectivity index (χ4n) is 2.16. The van der Waals surface area contributed by atoms with Gasteiger partial charge in [-0.3, -0.25) is 4.79 Å². The maximum atomic E-state index is 12.1. The van der Waals surface area contributed by atoms with Crippen molar-refractivity contribution >= 4 is 17.4 Å². The van der Waals surface area contributed by atoms with Gasteiger partial charge >= 0.3 is 0 Å². The van der Waals surface area contributed by atoms with E-state index in [-0.39, 0.29) is 5.91 Å². The lowest BCUT2D eigenvalue weighted by molar-refractivity contribution is -0.130. The zero-order valence-electron chi connectivity index (χ0n) is 10.9. The number of nitrogens with two attached hydrogens (primary N) is 1. The molecule has 0 spiro atoms. The number of hydrogen-bond donors (Lipinski definition) is 2. The highest BCUT2D eigenvalue weighted by molar-refractivity contribution is 5.84. The van der Waals surface area contributed by atoms with Crippen LogP contribution in [0, 0.1) is 11.3 Å². The number of nitrogens with zero attached hydrogens (tertiary/aromatic N) is 3. The summed E-state index contributed by atoms with van der Waals surface area (Å²) in [7, 11) is 0. The van der Waals surface area contributed by atoms with Gasteiger partial charge < -0.3 is 16.0 Å².